The Morgan fingerprint density at radius 3 is 2.92 bits per heavy atom. The van der Waals surface area contributed by atoms with Gasteiger partial charge in [0.1, 0.15) is 0 Å². The zero-order chi connectivity index (χ0) is 9.42. The Kier molecular flexibility index (Phi) is 2.56. The summed E-state index contributed by atoms with van der Waals surface area (Å²) in [5.41, 5.74) is 0.881. The number of hydrogen-bond donors (Lipinski definition) is 0. The van der Waals surface area contributed by atoms with Crippen molar-refractivity contribution in [1.82, 2.24) is 0 Å². The number of thiophene rings is 1. The van der Waals surface area contributed by atoms with E-state index in [4.69, 9.17) is 0 Å². The number of Topliss-reactive ketones (excluding diaryl/α,β-unsaturated/α-hetero) is 1. The fourth-order valence-electron chi connectivity index (χ4n) is 1.68. The normalized spacial score (nSPS) is 26.0. The van der Waals surface area contributed by atoms with Crippen LogP contribution in [-0.4, -0.2) is 5.78 Å². The van der Waals surface area contributed by atoms with Gasteiger partial charge in [-0.3, -0.25) is 4.79 Å². The molecule has 0 radical (unpaired) electrons. The van der Waals surface area contributed by atoms with E-state index in [1.807, 2.05) is 10.8 Å². The lowest BCUT2D eigenvalue weighted by Gasteiger charge is -1.96. The van der Waals surface area contributed by atoms with Crippen LogP contribution in [0.1, 0.15) is 30.1 Å². The van der Waals surface area contributed by atoms with E-state index in [0.29, 0.717) is 17.6 Å². The first-order chi connectivity index (χ1) is 6.24. The standard InChI is InChI=1S/C10H11BrOS/c1-2-6-3-7(6)10(12)8-4-13-5-9(8)11/h4-7H,2-3H2,1H3. The lowest BCUT2D eigenvalue weighted by Crippen LogP contribution is -2.02. The molecule has 0 saturated heterocycles. The molecule has 0 spiro atoms. The van der Waals surface area contributed by atoms with Gasteiger partial charge in [-0.05, 0) is 28.3 Å². The van der Waals surface area contributed by atoms with Crippen molar-refractivity contribution in [3.05, 3.63) is 20.8 Å². The van der Waals surface area contributed by atoms with E-state index in [2.05, 4.69) is 22.9 Å². The summed E-state index contributed by atoms with van der Waals surface area (Å²) in [5.74, 6) is 1.30. The van der Waals surface area contributed by atoms with Gasteiger partial charge in [0, 0.05) is 26.7 Å². The molecule has 0 N–H and O–H groups in total. The number of halogens is 1. The topological polar surface area (TPSA) is 17.1 Å². The smallest absolute Gasteiger partial charge is 0.168 e. The SMILES string of the molecule is CCC1CC1C(=O)c1cscc1Br. The van der Waals surface area contributed by atoms with Gasteiger partial charge in [-0.15, -0.1) is 0 Å². The van der Waals surface area contributed by atoms with Crippen LogP contribution >= 0.6 is 27.3 Å². The molecule has 1 fully saturated rings. The first-order valence-corrected chi connectivity index (χ1v) is 6.23. The highest BCUT2D eigenvalue weighted by atomic mass is 79.9. The average Bonchev–Trinajstić information content (AvgIpc) is 2.80. The summed E-state index contributed by atoms with van der Waals surface area (Å²) < 4.78 is 0.962. The van der Waals surface area contributed by atoms with Gasteiger partial charge in [-0.2, -0.15) is 11.3 Å². The molecule has 1 aliphatic carbocycles. The fourth-order valence-corrected chi connectivity index (χ4v) is 3.16. The molecule has 1 aromatic rings. The van der Waals surface area contributed by atoms with Crippen LogP contribution in [0.15, 0.2) is 15.2 Å². The second-order valence-corrected chi connectivity index (χ2v) is 5.11. The van der Waals surface area contributed by atoms with Crippen LogP contribution in [0, 0.1) is 11.8 Å². The van der Waals surface area contributed by atoms with Crippen LogP contribution in [-0.2, 0) is 0 Å². The van der Waals surface area contributed by atoms with E-state index in [-0.39, 0.29) is 0 Å². The number of carbonyl (C=O) groups excluding carboxylic acids is 1. The molecule has 0 bridgehead atoms. The summed E-state index contributed by atoms with van der Waals surface area (Å²) in [6.07, 6.45) is 2.23. The van der Waals surface area contributed by atoms with Crippen LogP contribution < -0.4 is 0 Å². The highest BCUT2D eigenvalue weighted by Crippen LogP contribution is 2.44. The van der Waals surface area contributed by atoms with Gasteiger partial charge in [-0.1, -0.05) is 13.3 Å². The monoisotopic (exact) mass is 258 g/mol. The minimum Gasteiger partial charge on any atom is -0.294 e. The van der Waals surface area contributed by atoms with Crippen molar-refractivity contribution in [3.8, 4) is 0 Å². The van der Waals surface area contributed by atoms with Crippen molar-refractivity contribution in [2.24, 2.45) is 11.8 Å². The van der Waals surface area contributed by atoms with Crippen molar-refractivity contribution >= 4 is 33.0 Å². The first-order valence-electron chi connectivity index (χ1n) is 4.50. The van der Waals surface area contributed by atoms with Crippen molar-refractivity contribution in [2.45, 2.75) is 19.8 Å². The molecule has 0 aromatic carbocycles. The second kappa shape index (κ2) is 3.54. The van der Waals surface area contributed by atoms with Crippen LogP contribution in [0.3, 0.4) is 0 Å². The van der Waals surface area contributed by atoms with E-state index in [9.17, 15) is 4.79 Å². The van der Waals surface area contributed by atoms with Gasteiger partial charge in [0.25, 0.3) is 0 Å². The molecule has 3 heteroatoms. The molecule has 2 atom stereocenters. The second-order valence-electron chi connectivity index (χ2n) is 3.51. The molecule has 1 aromatic heterocycles. The van der Waals surface area contributed by atoms with Crippen LogP contribution in [0.25, 0.3) is 0 Å². The van der Waals surface area contributed by atoms with Crippen LogP contribution in [0.4, 0.5) is 0 Å². The van der Waals surface area contributed by atoms with Crippen molar-refractivity contribution in [2.75, 3.05) is 0 Å². The zero-order valence-electron chi connectivity index (χ0n) is 7.42. The van der Waals surface area contributed by atoms with Gasteiger partial charge in [0.05, 0.1) is 0 Å². The maximum absolute atomic E-state index is 11.8. The van der Waals surface area contributed by atoms with E-state index < -0.39 is 0 Å². The molecule has 1 nitrogen and oxygen atoms in total. The van der Waals surface area contributed by atoms with Gasteiger partial charge in [0.15, 0.2) is 5.78 Å². The van der Waals surface area contributed by atoms with E-state index >= 15 is 0 Å². The minimum atomic E-state index is 0.316. The summed E-state index contributed by atoms with van der Waals surface area (Å²) in [6.45, 7) is 2.15. The Hall–Kier alpha value is -0.150. The molecule has 1 saturated carbocycles. The molecule has 2 unspecified atom stereocenters. The van der Waals surface area contributed by atoms with Gasteiger partial charge >= 0.3 is 0 Å². The third-order valence-electron chi connectivity index (χ3n) is 2.66. The van der Waals surface area contributed by atoms with Crippen LogP contribution in [0.2, 0.25) is 0 Å². The Labute approximate surface area is 90.3 Å². The summed E-state index contributed by atoms with van der Waals surface area (Å²) >= 11 is 4.98. The molecular formula is C10H11BrOS. The molecule has 0 aliphatic heterocycles. The highest BCUT2D eigenvalue weighted by Gasteiger charge is 2.42. The molecule has 1 aliphatic rings. The highest BCUT2D eigenvalue weighted by molar-refractivity contribution is 9.10. The Morgan fingerprint density at radius 2 is 2.46 bits per heavy atom. The minimum absolute atomic E-state index is 0.316. The predicted octanol–water partition coefficient (Wildman–Crippen LogP) is 3.74. The van der Waals surface area contributed by atoms with Gasteiger partial charge < -0.3 is 0 Å². The molecule has 0 amide bonds. The molecule has 70 valence electrons. The molecule has 1 heterocycles. The third kappa shape index (κ3) is 1.72. The van der Waals surface area contributed by atoms with E-state index in [1.165, 1.54) is 0 Å². The summed E-state index contributed by atoms with van der Waals surface area (Å²) in [6, 6.07) is 0. The Morgan fingerprint density at radius 1 is 1.69 bits per heavy atom. The average molecular weight is 259 g/mol. The lowest BCUT2D eigenvalue weighted by molar-refractivity contribution is 0.0960. The summed E-state index contributed by atoms with van der Waals surface area (Å²) in [4.78, 5) is 11.8. The quantitative estimate of drug-likeness (QED) is 0.756. The van der Waals surface area contributed by atoms with E-state index in [0.717, 1.165) is 22.9 Å². The Bertz CT molecular complexity index is 331. The number of carbonyl (C=O) groups is 1. The third-order valence-corrected chi connectivity index (χ3v) is 4.37. The largest absolute Gasteiger partial charge is 0.294 e. The number of rotatable bonds is 3. The maximum Gasteiger partial charge on any atom is 0.168 e. The molecular weight excluding hydrogens is 248 g/mol. The number of hydrogen-bond acceptors (Lipinski definition) is 2. The van der Waals surface area contributed by atoms with Crippen molar-refractivity contribution < 1.29 is 4.79 Å². The Balaban J connectivity index is 2.11. The van der Waals surface area contributed by atoms with Gasteiger partial charge in [0.2, 0.25) is 0 Å². The van der Waals surface area contributed by atoms with Gasteiger partial charge in [-0.25, -0.2) is 0 Å². The molecule has 13 heavy (non-hydrogen) atoms. The van der Waals surface area contributed by atoms with Crippen molar-refractivity contribution in [1.29, 1.82) is 0 Å². The maximum atomic E-state index is 11.8. The van der Waals surface area contributed by atoms with Crippen LogP contribution in [0.5, 0.6) is 0 Å². The zero-order valence-corrected chi connectivity index (χ0v) is 9.82. The summed E-state index contributed by atoms with van der Waals surface area (Å²) in [7, 11) is 0. The van der Waals surface area contributed by atoms with Crippen molar-refractivity contribution in [3.63, 3.8) is 0 Å². The fraction of sp³-hybridized carbons (Fsp3) is 0.500. The first kappa shape index (κ1) is 9.41. The number of ketones is 1. The molecule has 2 rings (SSSR count). The predicted molar refractivity (Wildman–Crippen MR) is 58.2 cm³/mol. The summed E-state index contributed by atoms with van der Waals surface area (Å²) in [5, 5.41) is 3.91. The van der Waals surface area contributed by atoms with E-state index in [1.54, 1.807) is 11.3 Å². The lowest BCUT2D eigenvalue weighted by atomic mass is 10.1.